The van der Waals surface area contributed by atoms with Crippen molar-refractivity contribution < 1.29 is 14.0 Å². The van der Waals surface area contributed by atoms with Gasteiger partial charge >= 0.3 is 0 Å². The summed E-state index contributed by atoms with van der Waals surface area (Å²) in [4.78, 5) is 40.2. The Labute approximate surface area is 194 Å². The minimum atomic E-state index is -0.418. The van der Waals surface area contributed by atoms with Crippen LogP contribution in [0.1, 0.15) is 54.7 Å². The van der Waals surface area contributed by atoms with Crippen LogP contribution < -0.4 is 10.6 Å². The van der Waals surface area contributed by atoms with E-state index in [1.165, 1.54) is 17.4 Å². The molecule has 1 atom stereocenters. The van der Waals surface area contributed by atoms with Crippen molar-refractivity contribution >= 4 is 39.3 Å². The molecule has 2 fully saturated rings. The summed E-state index contributed by atoms with van der Waals surface area (Å²) in [7, 11) is 0. The fourth-order valence-electron chi connectivity index (χ4n) is 4.41. The topological polar surface area (TPSA) is 100 Å². The number of hydrogen-bond acceptors (Lipinski definition) is 7. The third-order valence-corrected chi connectivity index (χ3v) is 7.23. The maximum absolute atomic E-state index is 13.5. The summed E-state index contributed by atoms with van der Waals surface area (Å²) in [6, 6.07) is 2.94. The highest BCUT2D eigenvalue weighted by molar-refractivity contribution is 7.17. The van der Waals surface area contributed by atoms with Crippen molar-refractivity contribution in [1.29, 1.82) is 0 Å². The average Bonchev–Trinajstić information content (AvgIpc) is 3.47. The van der Waals surface area contributed by atoms with Gasteiger partial charge in [-0.05, 0) is 42.8 Å². The monoisotopic (exact) mass is 468 g/mol. The van der Waals surface area contributed by atoms with Crippen LogP contribution in [0.3, 0.4) is 0 Å². The number of pyridine rings is 1. The Bertz CT molecular complexity index is 1190. The van der Waals surface area contributed by atoms with E-state index in [1.807, 2.05) is 18.4 Å². The molecule has 33 heavy (non-hydrogen) atoms. The molecule has 1 aliphatic heterocycles. The largest absolute Gasteiger partial charge is 0.350 e. The number of anilines is 1. The van der Waals surface area contributed by atoms with Gasteiger partial charge in [-0.1, -0.05) is 12.8 Å². The van der Waals surface area contributed by atoms with Crippen molar-refractivity contribution in [3.63, 3.8) is 0 Å². The Kier molecular flexibility index (Phi) is 5.92. The Morgan fingerprint density at radius 1 is 1.21 bits per heavy atom. The summed E-state index contributed by atoms with van der Waals surface area (Å²) in [5.41, 5.74) is 1.67. The molecule has 0 radical (unpaired) electrons. The molecule has 2 N–H and O–H groups in total. The Morgan fingerprint density at radius 2 is 2.00 bits per heavy atom. The van der Waals surface area contributed by atoms with Crippen molar-refractivity contribution in [1.82, 2.24) is 25.2 Å². The minimum Gasteiger partial charge on any atom is -0.350 e. The predicted molar refractivity (Wildman–Crippen MR) is 123 cm³/mol. The Hall–Kier alpha value is -3.14. The number of carbonyl (C=O) groups excluding carboxylic acids is 2. The molecule has 8 nitrogen and oxygen atoms in total. The quantitative estimate of drug-likeness (QED) is 0.574. The summed E-state index contributed by atoms with van der Waals surface area (Å²) in [5, 5.41) is 8.10. The van der Waals surface area contributed by atoms with E-state index in [0.717, 1.165) is 36.6 Å². The number of fused-ring (bicyclic) bond motifs is 1. The van der Waals surface area contributed by atoms with Gasteiger partial charge in [0.15, 0.2) is 5.69 Å². The molecule has 4 heterocycles. The molecule has 3 aromatic rings. The van der Waals surface area contributed by atoms with Gasteiger partial charge in [-0.15, -0.1) is 11.3 Å². The summed E-state index contributed by atoms with van der Waals surface area (Å²) >= 11 is 1.42. The summed E-state index contributed by atoms with van der Waals surface area (Å²) in [6.45, 7) is 2.80. The number of thiophene rings is 1. The number of nitrogens with zero attached hydrogens (tertiary/aromatic N) is 4. The highest BCUT2D eigenvalue weighted by Crippen LogP contribution is 2.28. The summed E-state index contributed by atoms with van der Waals surface area (Å²) in [6.07, 6.45) is 6.87. The number of amides is 2. The van der Waals surface area contributed by atoms with Crippen LogP contribution in [0.5, 0.6) is 0 Å². The van der Waals surface area contributed by atoms with Crippen LogP contribution in [0.4, 0.5) is 10.3 Å². The lowest BCUT2D eigenvalue weighted by Crippen LogP contribution is -2.61. The molecule has 0 aromatic carbocycles. The lowest BCUT2D eigenvalue weighted by Gasteiger charge is -2.39. The molecule has 0 unspecified atom stereocenters. The van der Waals surface area contributed by atoms with E-state index in [4.69, 9.17) is 0 Å². The van der Waals surface area contributed by atoms with Crippen LogP contribution >= 0.6 is 11.3 Å². The highest BCUT2D eigenvalue weighted by atomic mass is 32.1. The first kappa shape index (κ1) is 21.7. The van der Waals surface area contributed by atoms with E-state index in [0.29, 0.717) is 35.8 Å². The standard InChI is InChI=1S/C23H25FN6O2S/c1-13(15-8-16(24)10-25-9-15)26-23-28-18-6-7-33-20(18)19(29-23)22(32)30-11-17(12-30)27-21(31)14-4-2-3-5-14/h6-10,13-14,17H,2-5,11-12H2,1H3,(H,27,31)(H,26,28,29)/t13-/m0/s1. The number of halogens is 1. The molecular formula is C23H25FN6O2S. The second-order valence-electron chi connectivity index (χ2n) is 8.73. The fourth-order valence-corrected chi connectivity index (χ4v) is 5.22. The first-order valence-electron chi connectivity index (χ1n) is 11.2. The number of hydrogen-bond donors (Lipinski definition) is 2. The van der Waals surface area contributed by atoms with Crippen molar-refractivity contribution in [2.75, 3.05) is 18.4 Å². The zero-order valence-corrected chi connectivity index (χ0v) is 19.1. The zero-order valence-electron chi connectivity index (χ0n) is 18.3. The van der Waals surface area contributed by atoms with Gasteiger partial charge in [-0.3, -0.25) is 14.6 Å². The second kappa shape index (κ2) is 9.01. The minimum absolute atomic E-state index is 0.0131. The van der Waals surface area contributed by atoms with Gasteiger partial charge in [0.05, 0.1) is 28.5 Å². The van der Waals surface area contributed by atoms with Gasteiger partial charge in [0.25, 0.3) is 5.91 Å². The SMILES string of the molecule is C[C@H](Nc1nc(C(=O)N2CC(NC(=O)C3CCCC3)C2)c2sccc2n1)c1cncc(F)c1. The Balaban J connectivity index is 1.28. The zero-order chi connectivity index (χ0) is 22.9. The third-order valence-electron chi connectivity index (χ3n) is 6.32. The van der Waals surface area contributed by atoms with Crippen molar-refractivity contribution in [3.8, 4) is 0 Å². The van der Waals surface area contributed by atoms with Gasteiger partial charge in [0, 0.05) is 25.2 Å². The molecular weight excluding hydrogens is 443 g/mol. The number of nitrogens with one attached hydrogen (secondary N) is 2. The lowest BCUT2D eigenvalue weighted by molar-refractivity contribution is -0.126. The van der Waals surface area contributed by atoms with Crippen LogP contribution in [0.15, 0.2) is 29.9 Å². The van der Waals surface area contributed by atoms with E-state index in [1.54, 1.807) is 11.1 Å². The van der Waals surface area contributed by atoms with Gasteiger partial charge in [-0.2, -0.15) is 0 Å². The molecule has 172 valence electrons. The van der Waals surface area contributed by atoms with Crippen LogP contribution in [0.2, 0.25) is 0 Å². The molecule has 3 aromatic heterocycles. The normalized spacial score (nSPS) is 17.7. The first-order valence-corrected chi connectivity index (χ1v) is 12.1. The van der Waals surface area contributed by atoms with Crippen molar-refractivity contribution in [2.45, 2.75) is 44.7 Å². The van der Waals surface area contributed by atoms with Crippen LogP contribution in [0, 0.1) is 11.7 Å². The maximum atomic E-state index is 13.5. The van der Waals surface area contributed by atoms with Crippen LogP contribution in [0.25, 0.3) is 10.2 Å². The molecule has 2 aliphatic rings. The predicted octanol–water partition coefficient (Wildman–Crippen LogP) is 3.53. The lowest BCUT2D eigenvalue weighted by atomic mass is 10.0. The number of carbonyl (C=O) groups is 2. The van der Waals surface area contributed by atoms with Crippen LogP contribution in [-0.2, 0) is 4.79 Å². The van der Waals surface area contributed by atoms with Gasteiger partial charge in [0.1, 0.15) is 5.82 Å². The van der Waals surface area contributed by atoms with E-state index < -0.39 is 5.82 Å². The van der Waals surface area contributed by atoms with Gasteiger partial charge in [-0.25, -0.2) is 14.4 Å². The van der Waals surface area contributed by atoms with Crippen LogP contribution in [-0.4, -0.2) is 50.8 Å². The molecule has 1 saturated heterocycles. The molecule has 0 bridgehead atoms. The highest BCUT2D eigenvalue weighted by Gasteiger charge is 2.35. The van der Waals surface area contributed by atoms with E-state index in [2.05, 4.69) is 25.6 Å². The summed E-state index contributed by atoms with van der Waals surface area (Å²) < 4.78 is 14.3. The van der Waals surface area contributed by atoms with Crippen molar-refractivity contribution in [2.24, 2.45) is 5.92 Å². The van der Waals surface area contributed by atoms with Gasteiger partial charge in [0.2, 0.25) is 11.9 Å². The van der Waals surface area contributed by atoms with Gasteiger partial charge < -0.3 is 15.5 Å². The third kappa shape index (κ3) is 4.52. The molecule has 2 amide bonds. The summed E-state index contributed by atoms with van der Waals surface area (Å²) in [5.74, 6) is -0.0728. The molecule has 1 aliphatic carbocycles. The van der Waals surface area contributed by atoms with E-state index in [9.17, 15) is 14.0 Å². The number of likely N-dealkylation sites (tertiary alicyclic amines) is 1. The molecule has 5 rings (SSSR count). The number of aromatic nitrogens is 3. The fraction of sp³-hybridized carbons (Fsp3) is 0.435. The van der Waals surface area contributed by atoms with E-state index in [-0.39, 0.29) is 29.8 Å². The molecule has 1 saturated carbocycles. The first-order chi connectivity index (χ1) is 16.0. The van der Waals surface area contributed by atoms with Crippen molar-refractivity contribution in [3.05, 3.63) is 47.0 Å². The average molecular weight is 469 g/mol. The van der Waals surface area contributed by atoms with E-state index >= 15 is 0 Å². The second-order valence-corrected chi connectivity index (χ2v) is 9.65. The molecule has 10 heteroatoms. The Morgan fingerprint density at radius 3 is 2.76 bits per heavy atom. The molecule has 0 spiro atoms. The smallest absolute Gasteiger partial charge is 0.274 e. The number of rotatable bonds is 6. The maximum Gasteiger partial charge on any atom is 0.274 e.